The lowest BCUT2D eigenvalue weighted by atomic mass is 9.95. The Morgan fingerprint density at radius 3 is 2.60 bits per heavy atom. The van der Waals surface area contributed by atoms with E-state index in [4.69, 9.17) is 9.47 Å². The second-order valence-electron chi connectivity index (χ2n) is 12.9. The Balaban J connectivity index is 1.14. The molecule has 1 atom stereocenters. The molecule has 2 aromatic carbocycles. The second kappa shape index (κ2) is 13.5. The highest BCUT2D eigenvalue weighted by molar-refractivity contribution is 5.85. The van der Waals surface area contributed by atoms with Crippen LogP contribution in [-0.2, 0) is 16.1 Å². The zero-order chi connectivity index (χ0) is 31.4. The summed E-state index contributed by atoms with van der Waals surface area (Å²) in [6.45, 7) is 11.3. The number of H-pyrrole nitrogens is 1. The van der Waals surface area contributed by atoms with Gasteiger partial charge in [0.15, 0.2) is 5.60 Å². The average molecular weight is 615 g/mol. The SMILES string of the molecule is CCOc1cc(-c2cn[nH]c2)ccc1CN(C(=O)C1CCCN(c2cccc(OC(C)(C)C(=O)N3CCNCC3)c2)C1)C1CC1. The van der Waals surface area contributed by atoms with E-state index in [0.717, 1.165) is 73.4 Å². The number of carbonyl (C=O) groups excluding carboxylic acids is 2. The number of rotatable bonds is 11. The predicted molar refractivity (Wildman–Crippen MR) is 174 cm³/mol. The van der Waals surface area contributed by atoms with Crippen molar-refractivity contribution in [1.82, 2.24) is 25.3 Å². The van der Waals surface area contributed by atoms with Gasteiger partial charge in [-0.3, -0.25) is 14.7 Å². The molecular weight excluding hydrogens is 568 g/mol. The zero-order valence-corrected chi connectivity index (χ0v) is 26.8. The molecule has 1 aliphatic carbocycles. The largest absolute Gasteiger partial charge is 0.494 e. The summed E-state index contributed by atoms with van der Waals surface area (Å²) in [7, 11) is 0. The van der Waals surface area contributed by atoms with Crippen LogP contribution in [0.2, 0.25) is 0 Å². The van der Waals surface area contributed by atoms with Gasteiger partial charge >= 0.3 is 0 Å². The Kier molecular flexibility index (Phi) is 9.30. The monoisotopic (exact) mass is 614 g/mol. The molecule has 0 radical (unpaired) electrons. The van der Waals surface area contributed by atoms with Gasteiger partial charge in [-0.15, -0.1) is 0 Å². The van der Waals surface area contributed by atoms with Crippen LogP contribution in [0.1, 0.15) is 52.0 Å². The van der Waals surface area contributed by atoms with Gasteiger partial charge in [-0.2, -0.15) is 5.10 Å². The van der Waals surface area contributed by atoms with Gasteiger partial charge in [0, 0.05) is 80.9 Å². The quantitative estimate of drug-likeness (QED) is 0.329. The molecular formula is C35H46N6O4. The molecule has 3 fully saturated rings. The maximum absolute atomic E-state index is 14.1. The Hall–Kier alpha value is -4.05. The first-order chi connectivity index (χ1) is 21.8. The van der Waals surface area contributed by atoms with Gasteiger partial charge in [0.05, 0.1) is 18.7 Å². The van der Waals surface area contributed by atoms with E-state index in [0.29, 0.717) is 38.5 Å². The fourth-order valence-corrected chi connectivity index (χ4v) is 6.50. The summed E-state index contributed by atoms with van der Waals surface area (Å²) in [5.41, 5.74) is 3.11. The molecule has 10 nitrogen and oxygen atoms in total. The third-order valence-corrected chi connectivity index (χ3v) is 9.06. The molecule has 240 valence electrons. The predicted octanol–water partition coefficient (Wildman–Crippen LogP) is 4.47. The van der Waals surface area contributed by atoms with E-state index >= 15 is 0 Å². The van der Waals surface area contributed by atoms with E-state index in [1.54, 1.807) is 6.20 Å². The molecule has 2 aliphatic heterocycles. The first-order valence-corrected chi connectivity index (χ1v) is 16.4. The number of piperazine rings is 1. The Labute approximate surface area is 266 Å². The van der Waals surface area contributed by atoms with Gasteiger partial charge in [0.25, 0.3) is 5.91 Å². The zero-order valence-electron chi connectivity index (χ0n) is 26.8. The number of hydrogen-bond donors (Lipinski definition) is 2. The number of amides is 2. The molecule has 2 amide bonds. The number of nitrogens with one attached hydrogen (secondary N) is 2. The van der Waals surface area contributed by atoms with E-state index in [1.165, 1.54) is 0 Å². The van der Waals surface area contributed by atoms with E-state index in [-0.39, 0.29) is 23.8 Å². The van der Waals surface area contributed by atoms with Crippen molar-refractivity contribution in [3.8, 4) is 22.6 Å². The fourth-order valence-electron chi connectivity index (χ4n) is 6.50. The minimum atomic E-state index is -0.974. The van der Waals surface area contributed by atoms with Gasteiger partial charge < -0.3 is 29.5 Å². The molecule has 45 heavy (non-hydrogen) atoms. The summed E-state index contributed by atoms with van der Waals surface area (Å²) in [4.78, 5) is 33.6. The van der Waals surface area contributed by atoms with Crippen molar-refractivity contribution in [3.63, 3.8) is 0 Å². The van der Waals surface area contributed by atoms with Gasteiger partial charge in [-0.05, 0) is 70.2 Å². The highest BCUT2D eigenvalue weighted by atomic mass is 16.5. The normalized spacial score (nSPS) is 18.9. The molecule has 1 unspecified atom stereocenters. The Morgan fingerprint density at radius 1 is 1.04 bits per heavy atom. The van der Waals surface area contributed by atoms with E-state index in [2.05, 4.69) is 49.6 Å². The third kappa shape index (κ3) is 7.27. The molecule has 2 saturated heterocycles. The number of nitrogens with zero attached hydrogens (tertiary/aromatic N) is 4. The number of aromatic nitrogens is 2. The van der Waals surface area contributed by atoms with Crippen molar-refractivity contribution in [1.29, 1.82) is 0 Å². The lowest BCUT2D eigenvalue weighted by Crippen LogP contribution is -2.54. The molecule has 2 N–H and O–H groups in total. The first-order valence-electron chi connectivity index (χ1n) is 16.4. The standard InChI is InChI=1S/C35H46N6O4/c1-4-44-32-19-25(28-21-37-38-22-28)10-11-26(32)24-41(29-12-13-29)33(42)27-7-6-16-40(23-27)30-8-5-9-31(20-30)45-35(2,3)34(43)39-17-14-36-15-18-39/h5,8-11,19-22,27,29,36H,4,6-7,12-18,23-24H2,1-3H3,(H,37,38). The van der Waals surface area contributed by atoms with Gasteiger partial charge in [0.1, 0.15) is 11.5 Å². The van der Waals surface area contributed by atoms with Crippen molar-refractivity contribution in [2.75, 3.05) is 50.8 Å². The number of ether oxygens (including phenoxy) is 2. The first kappa shape index (κ1) is 31.0. The summed E-state index contributed by atoms with van der Waals surface area (Å²) >= 11 is 0. The van der Waals surface area contributed by atoms with Crippen LogP contribution < -0.4 is 19.7 Å². The van der Waals surface area contributed by atoms with E-state index in [9.17, 15) is 9.59 Å². The van der Waals surface area contributed by atoms with Crippen molar-refractivity contribution in [2.45, 2.75) is 64.6 Å². The number of anilines is 1. The van der Waals surface area contributed by atoms with Crippen molar-refractivity contribution in [3.05, 3.63) is 60.4 Å². The molecule has 1 aromatic heterocycles. The summed E-state index contributed by atoms with van der Waals surface area (Å²) < 4.78 is 12.4. The van der Waals surface area contributed by atoms with Crippen LogP contribution in [0.25, 0.3) is 11.1 Å². The lowest BCUT2D eigenvalue weighted by Gasteiger charge is -2.37. The molecule has 3 aromatic rings. The number of piperidine rings is 1. The summed E-state index contributed by atoms with van der Waals surface area (Å²) in [6, 6.07) is 14.5. The van der Waals surface area contributed by atoms with E-state index < -0.39 is 5.60 Å². The highest BCUT2D eigenvalue weighted by Crippen LogP contribution is 2.36. The molecule has 10 heteroatoms. The molecule has 3 aliphatic rings. The second-order valence-corrected chi connectivity index (χ2v) is 12.9. The van der Waals surface area contributed by atoms with E-state index in [1.807, 2.05) is 50.1 Å². The maximum atomic E-state index is 14.1. The minimum Gasteiger partial charge on any atom is -0.494 e. The number of aromatic amines is 1. The highest BCUT2D eigenvalue weighted by Gasteiger charge is 2.38. The molecule has 0 spiro atoms. The van der Waals surface area contributed by atoms with Gasteiger partial charge in [0.2, 0.25) is 5.91 Å². The molecule has 3 heterocycles. The van der Waals surface area contributed by atoms with Crippen LogP contribution in [0.5, 0.6) is 11.5 Å². The van der Waals surface area contributed by atoms with Crippen LogP contribution in [-0.4, -0.2) is 89.3 Å². The van der Waals surface area contributed by atoms with Crippen LogP contribution in [0.3, 0.4) is 0 Å². The summed E-state index contributed by atoms with van der Waals surface area (Å²) in [5, 5.41) is 10.2. The average Bonchev–Trinajstić information content (AvgIpc) is 3.75. The van der Waals surface area contributed by atoms with Crippen molar-refractivity contribution in [2.24, 2.45) is 5.92 Å². The van der Waals surface area contributed by atoms with Crippen molar-refractivity contribution < 1.29 is 19.1 Å². The molecule has 1 saturated carbocycles. The van der Waals surface area contributed by atoms with Crippen molar-refractivity contribution >= 4 is 17.5 Å². The fraction of sp³-hybridized carbons (Fsp3) is 0.514. The maximum Gasteiger partial charge on any atom is 0.266 e. The van der Waals surface area contributed by atoms with Gasteiger partial charge in [-0.1, -0.05) is 18.2 Å². The smallest absolute Gasteiger partial charge is 0.266 e. The van der Waals surface area contributed by atoms with Crippen LogP contribution in [0, 0.1) is 5.92 Å². The minimum absolute atomic E-state index is 0.00168. The third-order valence-electron chi connectivity index (χ3n) is 9.06. The molecule has 6 rings (SSSR count). The summed E-state index contributed by atoms with van der Waals surface area (Å²) in [6.07, 6.45) is 7.57. The Bertz CT molecular complexity index is 1460. The number of carbonyl (C=O) groups is 2. The topological polar surface area (TPSA) is 103 Å². The number of hydrogen-bond acceptors (Lipinski definition) is 7. The van der Waals surface area contributed by atoms with Crippen LogP contribution in [0.15, 0.2) is 54.9 Å². The van der Waals surface area contributed by atoms with Crippen LogP contribution >= 0.6 is 0 Å². The number of benzene rings is 2. The molecule has 0 bridgehead atoms. The summed E-state index contributed by atoms with van der Waals surface area (Å²) in [5.74, 6) is 1.61. The van der Waals surface area contributed by atoms with Gasteiger partial charge in [-0.25, -0.2) is 0 Å². The Morgan fingerprint density at radius 2 is 1.87 bits per heavy atom. The van der Waals surface area contributed by atoms with Crippen LogP contribution in [0.4, 0.5) is 5.69 Å². The lowest BCUT2D eigenvalue weighted by molar-refractivity contribution is -0.146.